The third kappa shape index (κ3) is 4.69. The molecule has 0 spiro atoms. The standard InChI is InChI=1S/C19H25NO3S/c1-14(19(21)20-10-9-15-5-3-2-4-6-15)24-16-7-8-17-18(13-16)23-12-11-22-17/h5,7-8,13-14H,2-4,6,9-12H2,1H3,(H,20,21)/t14-/m0/s1. The maximum absolute atomic E-state index is 12.3. The molecule has 130 valence electrons. The third-order valence-corrected chi connectivity index (χ3v) is 5.42. The summed E-state index contributed by atoms with van der Waals surface area (Å²) < 4.78 is 11.1. The van der Waals surface area contributed by atoms with E-state index in [9.17, 15) is 4.79 Å². The number of nitrogens with one attached hydrogen (secondary N) is 1. The minimum Gasteiger partial charge on any atom is -0.486 e. The van der Waals surface area contributed by atoms with Crippen LogP contribution in [0.5, 0.6) is 11.5 Å². The van der Waals surface area contributed by atoms with Crippen molar-refractivity contribution in [1.29, 1.82) is 0 Å². The summed E-state index contributed by atoms with van der Waals surface area (Å²) in [4.78, 5) is 13.3. The van der Waals surface area contributed by atoms with Crippen LogP contribution in [0.25, 0.3) is 0 Å². The van der Waals surface area contributed by atoms with Crippen molar-refractivity contribution < 1.29 is 14.3 Å². The monoisotopic (exact) mass is 347 g/mol. The van der Waals surface area contributed by atoms with Gasteiger partial charge in [-0.1, -0.05) is 11.6 Å². The van der Waals surface area contributed by atoms with Crippen LogP contribution < -0.4 is 14.8 Å². The van der Waals surface area contributed by atoms with Gasteiger partial charge in [0.15, 0.2) is 11.5 Å². The SMILES string of the molecule is C[C@H](Sc1ccc2c(c1)OCCO2)C(=O)NCCC1=CCCCC1. The molecule has 1 aromatic rings. The fraction of sp³-hybridized carbons (Fsp3) is 0.526. The Hall–Kier alpha value is -1.62. The highest BCUT2D eigenvalue weighted by Gasteiger charge is 2.17. The summed E-state index contributed by atoms with van der Waals surface area (Å²) in [5.41, 5.74) is 1.49. The fourth-order valence-corrected chi connectivity index (χ4v) is 3.90. The quantitative estimate of drug-likeness (QED) is 0.625. The van der Waals surface area contributed by atoms with Crippen LogP contribution in [-0.2, 0) is 4.79 Å². The van der Waals surface area contributed by atoms with E-state index in [-0.39, 0.29) is 11.2 Å². The molecule has 0 fully saturated rings. The third-order valence-electron chi connectivity index (χ3n) is 4.33. The maximum Gasteiger partial charge on any atom is 0.233 e. The zero-order valence-corrected chi connectivity index (χ0v) is 15.0. The van der Waals surface area contributed by atoms with Crippen molar-refractivity contribution in [2.24, 2.45) is 0 Å². The summed E-state index contributed by atoms with van der Waals surface area (Å²) in [5, 5.41) is 2.92. The molecule has 0 saturated carbocycles. The largest absolute Gasteiger partial charge is 0.486 e. The highest BCUT2D eigenvalue weighted by molar-refractivity contribution is 8.00. The smallest absolute Gasteiger partial charge is 0.233 e. The van der Waals surface area contributed by atoms with Crippen LogP contribution in [0.2, 0.25) is 0 Å². The molecule has 1 amide bonds. The van der Waals surface area contributed by atoms with Crippen LogP contribution in [0.15, 0.2) is 34.7 Å². The molecule has 1 atom stereocenters. The predicted molar refractivity (Wildman–Crippen MR) is 96.9 cm³/mol. The second kappa shape index (κ2) is 8.47. The van der Waals surface area contributed by atoms with Gasteiger partial charge in [0.05, 0.1) is 5.25 Å². The molecule has 2 aliphatic rings. The Bertz CT molecular complexity index is 615. The van der Waals surface area contributed by atoms with E-state index >= 15 is 0 Å². The van der Waals surface area contributed by atoms with Gasteiger partial charge in [0.1, 0.15) is 13.2 Å². The molecule has 0 bridgehead atoms. The number of rotatable bonds is 6. The van der Waals surface area contributed by atoms with Gasteiger partial charge < -0.3 is 14.8 Å². The van der Waals surface area contributed by atoms with E-state index in [2.05, 4.69) is 11.4 Å². The van der Waals surface area contributed by atoms with Crippen molar-refractivity contribution in [3.05, 3.63) is 29.8 Å². The molecule has 0 radical (unpaired) electrons. The first-order valence-corrected chi connectivity index (χ1v) is 9.62. The molecule has 4 nitrogen and oxygen atoms in total. The number of benzene rings is 1. The number of hydrogen-bond acceptors (Lipinski definition) is 4. The lowest BCUT2D eigenvalue weighted by Crippen LogP contribution is -2.31. The summed E-state index contributed by atoms with van der Waals surface area (Å²) in [6, 6.07) is 5.85. The normalized spacial score (nSPS) is 17.8. The molecule has 1 aliphatic carbocycles. The second-order valence-corrected chi connectivity index (χ2v) is 7.63. The van der Waals surface area contributed by atoms with Gasteiger partial charge in [0.25, 0.3) is 0 Å². The fourth-order valence-electron chi connectivity index (χ4n) is 2.98. The Kier molecular flexibility index (Phi) is 6.07. The molecular formula is C19H25NO3S. The number of amides is 1. The average Bonchev–Trinajstić information content (AvgIpc) is 2.62. The number of thioether (sulfide) groups is 1. The molecule has 1 heterocycles. The van der Waals surface area contributed by atoms with E-state index in [1.165, 1.54) is 31.3 Å². The second-order valence-electron chi connectivity index (χ2n) is 6.21. The maximum atomic E-state index is 12.3. The minimum absolute atomic E-state index is 0.0892. The number of carbonyl (C=O) groups is 1. The van der Waals surface area contributed by atoms with Crippen LogP contribution in [0.1, 0.15) is 39.0 Å². The summed E-state index contributed by atoms with van der Waals surface area (Å²) in [7, 11) is 0. The van der Waals surface area contributed by atoms with Gasteiger partial charge in [0, 0.05) is 11.4 Å². The molecule has 1 aromatic carbocycles. The topological polar surface area (TPSA) is 47.6 Å². The average molecular weight is 347 g/mol. The van der Waals surface area contributed by atoms with Crippen LogP contribution in [0.3, 0.4) is 0 Å². The van der Waals surface area contributed by atoms with Crippen molar-refractivity contribution in [1.82, 2.24) is 5.32 Å². The number of carbonyl (C=O) groups excluding carboxylic acids is 1. The number of allylic oxidation sites excluding steroid dienone is 1. The number of ether oxygens (including phenoxy) is 2. The molecule has 3 rings (SSSR count). The Morgan fingerprint density at radius 2 is 2.08 bits per heavy atom. The minimum atomic E-state index is -0.132. The molecule has 0 unspecified atom stereocenters. The van der Waals surface area contributed by atoms with Crippen molar-refractivity contribution in [3.8, 4) is 11.5 Å². The van der Waals surface area contributed by atoms with Gasteiger partial charge in [-0.25, -0.2) is 0 Å². The van der Waals surface area contributed by atoms with E-state index in [0.717, 1.165) is 29.4 Å². The molecule has 1 aliphatic heterocycles. The van der Waals surface area contributed by atoms with E-state index < -0.39 is 0 Å². The van der Waals surface area contributed by atoms with E-state index in [4.69, 9.17) is 9.47 Å². The van der Waals surface area contributed by atoms with Crippen molar-refractivity contribution in [2.75, 3.05) is 19.8 Å². The predicted octanol–water partition coefficient (Wildman–Crippen LogP) is 3.95. The van der Waals surface area contributed by atoms with Crippen LogP contribution >= 0.6 is 11.8 Å². The Balaban J connectivity index is 1.46. The summed E-state index contributed by atoms with van der Waals surface area (Å²) in [6.07, 6.45) is 8.29. The zero-order chi connectivity index (χ0) is 16.8. The molecular weight excluding hydrogens is 322 g/mol. The molecule has 0 aromatic heterocycles. The lowest BCUT2D eigenvalue weighted by atomic mass is 9.97. The lowest BCUT2D eigenvalue weighted by Gasteiger charge is -2.19. The van der Waals surface area contributed by atoms with Gasteiger partial charge in [0.2, 0.25) is 5.91 Å². The van der Waals surface area contributed by atoms with E-state index in [1.54, 1.807) is 11.8 Å². The summed E-state index contributed by atoms with van der Waals surface area (Å²) >= 11 is 1.55. The van der Waals surface area contributed by atoms with Crippen LogP contribution in [0, 0.1) is 0 Å². The van der Waals surface area contributed by atoms with Gasteiger partial charge in [-0.3, -0.25) is 4.79 Å². The van der Waals surface area contributed by atoms with Gasteiger partial charge in [-0.05, 0) is 57.2 Å². The summed E-state index contributed by atoms with van der Waals surface area (Å²) in [5.74, 6) is 1.64. The van der Waals surface area contributed by atoms with Crippen molar-refractivity contribution in [3.63, 3.8) is 0 Å². The Morgan fingerprint density at radius 1 is 1.25 bits per heavy atom. The van der Waals surface area contributed by atoms with Gasteiger partial charge in [-0.15, -0.1) is 11.8 Å². The van der Waals surface area contributed by atoms with Gasteiger partial charge in [-0.2, -0.15) is 0 Å². The molecule has 24 heavy (non-hydrogen) atoms. The number of hydrogen-bond donors (Lipinski definition) is 1. The van der Waals surface area contributed by atoms with Gasteiger partial charge >= 0.3 is 0 Å². The Morgan fingerprint density at radius 3 is 2.88 bits per heavy atom. The van der Waals surface area contributed by atoms with Crippen molar-refractivity contribution in [2.45, 2.75) is 49.2 Å². The highest BCUT2D eigenvalue weighted by Crippen LogP contribution is 2.35. The number of fused-ring (bicyclic) bond motifs is 1. The zero-order valence-electron chi connectivity index (χ0n) is 14.2. The first kappa shape index (κ1) is 17.2. The van der Waals surface area contributed by atoms with E-state index in [1.807, 2.05) is 25.1 Å². The highest BCUT2D eigenvalue weighted by atomic mass is 32.2. The first-order valence-electron chi connectivity index (χ1n) is 8.74. The Labute approximate surface area is 148 Å². The molecule has 0 saturated heterocycles. The summed E-state index contributed by atoms with van der Waals surface area (Å²) in [6.45, 7) is 3.84. The molecule has 5 heteroatoms. The van der Waals surface area contributed by atoms with E-state index in [0.29, 0.717) is 13.2 Å². The lowest BCUT2D eigenvalue weighted by molar-refractivity contribution is -0.120. The molecule has 1 N–H and O–H groups in total. The van der Waals surface area contributed by atoms with Crippen molar-refractivity contribution >= 4 is 17.7 Å². The first-order chi connectivity index (χ1) is 11.7. The van der Waals surface area contributed by atoms with Crippen LogP contribution in [-0.4, -0.2) is 30.9 Å². The van der Waals surface area contributed by atoms with Crippen LogP contribution in [0.4, 0.5) is 0 Å².